The monoisotopic (exact) mass is 287 g/mol. The lowest BCUT2D eigenvalue weighted by Crippen LogP contribution is -2.06. The largest absolute Gasteiger partial charge is 0.382 e. The zero-order chi connectivity index (χ0) is 13.9. The van der Waals surface area contributed by atoms with Gasteiger partial charge in [-0.2, -0.15) is 12.6 Å². The van der Waals surface area contributed by atoms with Crippen LogP contribution in [0.25, 0.3) is 11.2 Å². The smallest absolute Gasteiger partial charge is 0.209 e. The molecule has 3 aromatic heterocycles. The molecular formula is C12H13N7S. The number of nitrogens with two attached hydrogens (primary N) is 1. The summed E-state index contributed by atoms with van der Waals surface area (Å²) in [6.45, 7) is 0.665. The lowest BCUT2D eigenvalue weighted by atomic mass is 10.4. The third-order valence-electron chi connectivity index (χ3n) is 2.80. The van der Waals surface area contributed by atoms with Crippen molar-refractivity contribution >= 4 is 41.2 Å². The van der Waals surface area contributed by atoms with E-state index in [9.17, 15) is 0 Å². The van der Waals surface area contributed by atoms with Gasteiger partial charge in [-0.25, -0.2) is 15.0 Å². The molecule has 0 aliphatic carbocycles. The highest BCUT2D eigenvalue weighted by Crippen LogP contribution is 2.23. The molecule has 0 atom stereocenters. The van der Waals surface area contributed by atoms with Gasteiger partial charge in [0.25, 0.3) is 0 Å². The molecule has 0 bridgehead atoms. The average Bonchev–Trinajstić information content (AvgIpc) is 2.80. The quantitative estimate of drug-likeness (QED) is 0.629. The maximum absolute atomic E-state index is 5.84. The van der Waals surface area contributed by atoms with Crippen molar-refractivity contribution in [3.63, 3.8) is 0 Å². The van der Waals surface area contributed by atoms with E-state index >= 15 is 0 Å². The molecule has 7 nitrogen and oxygen atoms in total. The van der Waals surface area contributed by atoms with Crippen molar-refractivity contribution in [1.82, 2.24) is 24.5 Å². The minimum absolute atomic E-state index is 0.363. The van der Waals surface area contributed by atoms with E-state index in [4.69, 9.17) is 5.73 Å². The number of anilines is 3. The third kappa shape index (κ3) is 2.25. The van der Waals surface area contributed by atoms with Crippen LogP contribution < -0.4 is 11.1 Å². The maximum atomic E-state index is 5.84. The molecule has 8 heteroatoms. The van der Waals surface area contributed by atoms with Crippen LogP contribution in [0.2, 0.25) is 0 Å². The molecule has 0 fully saturated rings. The highest BCUT2D eigenvalue weighted by Gasteiger charge is 2.14. The molecule has 0 saturated carbocycles. The third-order valence-corrected chi connectivity index (χ3v) is 3.00. The lowest BCUT2D eigenvalue weighted by Gasteiger charge is -2.08. The van der Waals surface area contributed by atoms with Crippen molar-refractivity contribution in [2.75, 3.05) is 16.8 Å². The highest BCUT2D eigenvalue weighted by molar-refractivity contribution is 7.80. The molecular weight excluding hydrogens is 274 g/mol. The molecule has 3 N–H and O–H groups in total. The molecule has 0 amide bonds. The van der Waals surface area contributed by atoms with Gasteiger partial charge >= 0.3 is 0 Å². The van der Waals surface area contributed by atoms with Gasteiger partial charge < -0.3 is 11.1 Å². The van der Waals surface area contributed by atoms with Crippen LogP contribution >= 0.6 is 12.6 Å². The average molecular weight is 287 g/mol. The summed E-state index contributed by atoms with van der Waals surface area (Å²) in [4.78, 5) is 16.7. The summed E-state index contributed by atoms with van der Waals surface area (Å²) in [5.74, 6) is 1.67. The Balaban J connectivity index is 2.09. The Morgan fingerprint density at radius 1 is 1.35 bits per heavy atom. The van der Waals surface area contributed by atoms with Crippen LogP contribution in [0.5, 0.6) is 0 Å². The first-order chi connectivity index (χ1) is 9.79. The standard InChI is InChI=1S/C12H13N7S/c13-10-9-11(16-7-15-10)19(4-5-20)12(18-9)17-8-2-1-3-14-6-8/h1-3,6-7,20H,4-5H2,(H,17,18)(H2,13,15,16). The van der Waals surface area contributed by atoms with Gasteiger partial charge in [-0.15, -0.1) is 0 Å². The number of thiol groups is 1. The van der Waals surface area contributed by atoms with Gasteiger partial charge in [0.15, 0.2) is 17.0 Å². The molecule has 20 heavy (non-hydrogen) atoms. The molecule has 3 rings (SSSR count). The zero-order valence-electron chi connectivity index (χ0n) is 10.6. The van der Waals surface area contributed by atoms with Crippen LogP contribution in [0.15, 0.2) is 30.9 Å². The SMILES string of the molecule is Nc1ncnc2c1nc(Nc1cccnc1)n2CCS. The van der Waals surface area contributed by atoms with Crippen molar-refractivity contribution in [2.45, 2.75) is 6.54 Å². The van der Waals surface area contributed by atoms with Gasteiger partial charge in [0.2, 0.25) is 5.95 Å². The second-order valence-electron chi connectivity index (χ2n) is 4.11. The first kappa shape index (κ1) is 12.7. The van der Waals surface area contributed by atoms with Crippen LogP contribution in [0.3, 0.4) is 0 Å². The minimum Gasteiger partial charge on any atom is -0.382 e. The van der Waals surface area contributed by atoms with Gasteiger partial charge in [-0.05, 0) is 12.1 Å². The fraction of sp³-hybridized carbons (Fsp3) is 0.167. The number of imidazole rings is 1. The summed E-state index contributed by atoms with van der Waals surface area (Å²) in [6.07, 6.45) is 4.87. The normalized spacial score (nSPS) is 10.8. The Hall–Kier alpha value is -2.35. The summed E-state index contributed by atoms with van der Waals surface area (Å²) in [5.41, 5.74) is 7.96. The fourth-order valence-corrected chi connectivity index (χ4v) is 2.13. The predicted octanol–water partition coefficient (Wildman–Crippen LogP) is 1.48. The van der Waals surface area contributed by atoms with E-state index in [1.807, 2.05) is 16.7 Å². The summed E-state index contributed by atoms with van der Waals surface area (Å²) >= 11 is 4.27. The van der Waals surface area contributed by atoms with E-state index in [0.29, 0.717) is 35.2 Å². The number of nitrogens with one attached hydrogen (secondary N) is 1. The molecule has 0 radical (unpaired) electrons. The number of pyridine rings is 1. The molecule has 0 saturated heterocycles. The first-order valence-corrected chi connectivity index (χ1v) is 6.67. The molecule has 0 spiro atoms. The van der Waals surface area contributed by atoms with Crippen molar-refractivity contribution in [2.24, 2.45) is 0 Å². The summed E-state index contributed by atoms with van der Waals surface area (Å²) in [7, 11) is 0. The van der Waals surface area contributed by atoms with Crippen molar-refractivity contribution in [3.05, 3.63) is 30.9 Å². The second kappa shape index (κ2) is 5.33. The van der Waals surface area contributed by atoms with Crippen LogP contribution in [0.4, 0.5) is 17.5 Å². The highest BCUT2D eigenvalue weighted by atomic mass is 32.1. The van der Waals surface area contributed by atoms with Crippen LogP contribution in [0.1, 0.15) is 0 Å². The Bertz CT molecular complexity index is 725. The summed E-state index contributed by atoms with van der Waals surface area (Å²) in [5, 5.41) is 3.21. The molecule has 3 heterocycles. The zero-order valence-corrected chi connectivity index (χ0v) is 11.5. The Labute approximate surface area is 120 Å². The maximum Gasteiger partial charge on any atom is 0.209 e. The Kier molecular flexibility index (Phi) is 3.38. The van der Waals surface area contributed by atoms with Gasteiger partial charge in [0.1, 0.15) is 6.33 Å². The van der Waals surface area contributed by atoms with Crippen LogP contribution in [-0.4, -0.2) is 30.3 Å². The van der Waals surface area contributed by atoms with E-state index in [1.54, 1.807) is 12.4 Å². The van der Waals surface area contributed by atoms with E-state index in [0.717, 1.165) is 5.69 Å². The van der Waals surface area contributed by atoms with E-state index in [-0.39, 0.29) is 0 Å². The van der Waals surface area contributed by atoms with Crippen molar-refractivity contribution in [1.29, 1.82) is 0 Å². The van der Waals surface area contributed by atoms with Gasteiger partial charge in [-0.1, -0.05) is 0 Å². The van der Waals surface area contributed by atoms with E-state index < -0.39 is 0 Å². The Morgan fingerprint density at radius 3 is 3.00 bits per heavy atom. The number of nitrogens with zero attached hydrogens (tertiary/aromatic N) is 5. The topological polar surface area (TPSA) is 94.5 Å². The van der Waals surface area contributed by atoms with Gasteiger partial charge in [0.05, 0.1) is 11.9 Å². The number of nitrogen functional groups attached to an aromatic ring is 1. The van der Waals surface area contributed by atoms with Crippen molar-refractivity contribution < 1.29 is 0 Å². The number of hydrogen-bond acceptors (Lipinski definition) is 7. The number of hydrogen-bond donors (Lipinski definition) is 3. The van der Waals surface area contributed by atoms with Crippen LogP contribution in [-0.2, 0) is 6.54 Å². The van der Waals surface area contributed by atoms with Gasteiger partial charge in [0, 0.05) is 18.5 Å². The van der Waals surface area contributed by atoms with Gasteiger partial charge in [-0.3, -0.25) is 9.55 Å². The summed E-state index contributed by atoms with van der Waals surface area (Å²) < 4.78 is 1.92. The Morgan fingerprint density at radius 2 is 2.25 bits per heavy atom. The molecule has 102 valence electrons. The predicted molar refractivity (Wildman–Crippen MR) is 81.1 cm³/mol. The fourth-order valence-electron chi connectivity index (χ4n) is 1.93. The number of fused-ring (bicyclic) bond motifs is 1. The molecule has 0 unspecified atom stereocenters. The van der Waals surface area contributed by atoms with Crippen molar-refractivity contribution in [3.8, 4) is 0 Å². The molecule has 0 aliphatic heterocycles. The second-order valence-corrected chi connectivity index (χ2v) is 4.56. The minimum atomic E-state index is 0.363. The van der Waals surface area contributed by atoms with Crippen LogP contribution in [0, 0.1) is 0 Å². The molecule has 0 aromatic carbocycles. The summed E-state index contributed by atoms with van der Waals surface area (Å²) in [6, 6.07) is 3.76. The number of aromatic nitrogens is 5. The number of rotatable bonds is 4. The molecule has 0 aliphatic rings. The van der Waals surface area contributed by atoms with E-state index in [1.165, 1.54) is 6.33 Å². The lowest BCUT2D eigenvalue weighted by molar-refractivity contribution is 0.798. The number of aryl methyl sites for hydroxylation is 1. The first-order valence-electron chi connectivity index (χ1n) is 6.04. The molecule has 3 aromatic rings. The van der Waals surface area contributed by atoms with E-state index in [2.05, 4.69) is 37.9 Å².